The molecule has 0 amide bonds. The van der Waals surface area contributed by atoms with Crippen molar-refractivity contribution in [1.29, 1.82) is 0 Å². The highest BCUT2D eigenvalue weighted by Gasteiger charge is 1.99. The minimum atomic E-state index is 0.683. The molecule has 2 rings (SSSR count). The Balaban J connectivity index is 1.99. The molecule has 0 saturated heterocycles. The third-order valence-electron chi connectivity index (χ3n) is 1.92. The van der Waals surface area contributed by atoms with Gasteiger partial charge in [-0.3, -0.25) is 0 Å². The summed E-state index contributed by atoms with van der Waals surface area (Å²) in [5, 5.41) is 3.27. The van der Waals surface area contributed by atoms with Gasteiger partial charge < -0.3 is 9.73 Å². The lowest BCUT2D eigenvalue weighted by Gasteiger charge is -2.04. The van der Waals surface area contributed by atoms with Crippen molar-refractivity contribution >= 4 is 37.5 Å². The predicted octanol–water partition coefficient (Wildman–Crippen LogP) is 4.42. The molecule has 0 spiro atoms. The van der Waals surface area contributed by atoms with E-state index in [1.165, 1.54) is 0 Å². The largest absolute Gasteiger partial charge is 0.452 e. The van der Waals surface area contributed by atoms with Crippen LogP contribution in [0, 0.1) is 0 Å². The molecule has 4 heteroatoms. The first-order valence-corrected chi connectivity index (χ1v) is 6.06. The summed E-state index contributed by atoms with van der Waals surface area (Å²) in [6.45, 7) is 0.683. The summed E-state index contributed by atoms with van der Waals surface area (Å²) in [5.41, 5.74) is 1.07. The van der Waals surface area contributed by atoms with Gasteiger partial charge in [-0.15, -0.1) is 0 Å². The molecule has 0 atom stereocenters. The fraction of sp³-hybridized carbons (Fsp3) is 0.0909. The summed E-state index contributed by atoms with van der Waals surface area (Å²) in [4.78, 5) is 0. The lowest BCUT2D eigenvalue weighted by atomic mass is 10.3. The van der Waals surface area contributed by atoms with Gasteiger partial charge in [0.2, 0.25) is 0 Å². The molecule has 0 unspecified atom stereocenters. The van der Waals surface area contributed by atoms with Crippen LogP contribution in [0.25, 0.3) is 0 Å². The van der Waals surface area contributed by atoms with Crippen molar-refractivity contribution in [1.82, 2.24) is 0 Å². The molecule has 0 radical (unpaired) electrons. The molecular weight excluding hydrogens is 322 g/mol. The van der Waals surface area contributed by atoms with Crippen molar-refractivity contribution in [2.24, 2.45) is 0 Å². The van der Waals surface area contributed by atoms with Crippen LogP contribution in [-0.4, -0.2) is 0 Å². The summed E-state index contributed by atoms with van der Waals surface area (Å²) in [6, 6.07) is 11.9. The molecule has 1 aromatic heterocycles. The van der Waals surface area contributed by atoms with E-state index >= 15 is 0 Å². The summed E-state index contributed by atoms with van der Waals surface area (Å²) < 4.78 is 7.20. The number of rotatable bonds is 3. The van der Waals surface area contributed by atoms with Crippen LogP contribution in [0.1, 0.15) is 5.76 Å². The maximum atomic E-state index is 5.38. The third kappa shape index (κ3) is 3.11. The van der Waals surface area contributed by atoms with E-state index in [2.05, 4.69) is 37.2 Å². The Bertz CT molecular complexity index is 453. The number of hydrogen-bond acceptors (Lipinski definition) is 2. The van der Waals surface area contributed by atoms with Gasteiger partial charge in [-0.25, -0.2) is 0 Å². The Hall–Kier alpha value is -0.740. The van der Waals surface area contributed by atoms with Crippen molar-refractivity contribution in [2.75, 3.05) is 5.32 Å². The topological polar surface area (TPSA) is 25.2 Å². The molecule has 0 aliphatic carbocycles. The third-order valence-corrected chi connectivity index (χ3v) is 2.84. The van der Waals surface area contributed by atoms with Crippen LogP contribution >= 0.6 is 31.9 Å². The van der Waals surface area contributed by atoms with Crippen LogP contribution in [0.2, 0.25) is 0 Å². The molecule has 1 heterocycles. The van der Waals surface area contributed by atoms with Crippen LogP contribution < -0.4 is 5.32 Å². The summed E-state index contributed by atoms with van der Waals surface area (Å²) >= 11 is 6.69. The SMILES string of the molecule is Brc1cccc(NCc2ccc(Br)o2)c1. The first kappa shape index (κ1) is 10.8. The number of furan rings is 1. The van der Waals surface area contributed by atoms with Crippen molar-refractivity contribution in [2.45, 2.75) is 6.54 Å². The average Bonchev–Trinajstić information content (AvgIpc) is 2.62. The van der Waals surface area contributed by atoms with E-state index in [1.54, 1.807) is 0 Å². The molecule has 0 aliphatic rings. The highest BCUT2D eigenvalue weighted by Crippen LogP contribution is 2.18. The summed E-state index contributed by atoms with van der Waals surface area (Å²) in [6.07, 6.45) is 0. The van der Waals surface area contributed by atoms with Gasteiger partial charge in [-0.05, 0) is 46.3 Å². The Labute approximate surface area is 105 Å². The molecule has 0 aliphatic heterocycles. The van der Waals surface area contributed by atoms with E-state index in [0.29, 0.717) is 6.54 Å². The van der Waals surface area contributed by atoms with Crippen LogP contribution in [-0.2, 0) is 6.54 Å². The number of hydrogen-bond donors (Lipinski definition) is 1. The Morgan fingerprint density at radius 1 is 1.13 bits per heavy atom. The minimum absolute atomic E-state index is 0.683. The zero-order valence-corrected chi connectivity index (χ0v) is 11.0. The highest BCUT2D eigenvalue weighted by atomic mass is 79.9. The van der Waals surface area contributed by atoms with Crippen LogP contribution in [0.3, 0.4) is 0 Å². The van der Waals surface area contributed by atoms with Gasteiger partial charge in [0.15, 0.2) is 4.67 Å². The molecular formula is C11H9Br2NO. The zero-order valence-electron chi connectivity index (χ0n) is 7.84. The van der Waals surface area contributed by atoms with Crippen LogP contribution in [0.5, 0.6) is 0 Å². The fourth-order valence-electron chi connectivity index (χ4n) is 1.23. The number of nitrogens with one attached hydrogen (secondary N) is 1. The van der Waals surface area contributed by atoms with Crippen molar-refractivity contribution in [3.63, 3.8) is 0 Å². The van der Waals surface area contributed by atoms with Gasteiger partial charge in [0, 0.05) is 10.2 Å². The molecule has 78 valence electrons. The van der Waals surface area contributed by atoms with E-state index in [9.17, 15) is 0 Å². The first-order valence-electron chi connectivity index (χ1n) is 4.48. The molecule has 15 heavy (non-hydrogen) atoms. The summed E-state index contributed by atoms with van der Waals surface area (Å²) in [5.74, 6) is 0.904. The minimum Gasteiger partial charge on any atom is -0.452 e. The molecule has 1 aromatic carbocycles. The van der Waals surface area contributed by atoms with Gasteiger partial charge in [0.05, 0.1) is 6.54 Å². The quantitative estimate of drug-likeness (QED) is 0.901. The first-order chi connectivity index (χ1) is 7.24. The second kappa shape index (κ2) is 4.86. The van der Waals surface area contributed by atoms with Gasteiger partial charge >= 0.3 is 0 Å². The maximum Gasteiger partial charge on any atom is 0.169 e. The van der Waals surface area contributed by atoms with Crippen LogP contribution in [0.4, 0.5) is 5.69 Å². The number of halogens is 2. The van der Waals surface area contributed by atoms with E-state index in [1.807, 2.05) is 36.4 Å². The predicted molar refractivity (Wildman–Crippen MR) is 67.9 cm³/mol. The molecule has 1 N–H and O–H groups in total. The highest BCUT2D eigenvalue weighted by molar-refractivity contribution is 9.10. The lowest BCUT2D eigenvalue weighted by molar-refractivity contribution is 0.495. The second-order valence-electron chi connectivity index (χ2n) is 3.07. The molecule has 0 bridgehead atoms. The van der Waals surface area contributed by atoms with Gasteiger partial charge in [-0.2, -0.15) is 0 Å². The lowest BCUT2D eigenvalue weighted by Crippen LogP contribution is -1.97. The number of benzene rings is 1. The summed E-state index contributed by atoms with van der Waals surface area (Å²) in [7, 11) is 0. The van der Waals surface area contributed by atoms with Gasteiger partial charge in [-0.1, -0.05) is 22.0 Å². The normalized spacial score (nSPS) is 10.3. The van der Waals surface area contributed by atoms with E-state index in [0.717, 1.165) is 20.6 Å². The standard InChI is InChI=1S/C11H9Br2NO/c12-8-2-1-3-9(6-8)14-7-10-4-5-11(13)15-10/h1-6,14H,7H2. The monoisotopic (exact) mass is 329 g/mol. The second-order valence-corrected chi connectivity index (χ2v) is 4.77. The van der Waals surface area contributed by atoms with Gasteiger partial charge in [0.1, 0.15) is 5.76 Å². The molecule has 2 aromatic rings. The Kier molecular flexibility index (Phi) is 3.49. The maximum absolute atomic E-state index is 5.38. The molecule has 2 nitrogen and oxygen atoms in total. The fourth-order valence-corrected chi connectivity index (χ4v) is 1.97. The average molecular weight is 331 g/mol. The van der Waals surface area contributed by atoms with E-state index < -0.39 is 0 Å². The van der Waals surface area contributed by atoms with Gasteiger partial charge in [0.25, 0.3) is 0 Å². The van der Waals surface area contributed by atoms with Crippen molar-refractivity contribution in [3.8, 4) is 0 Å². The Morgan fingerprint density at radius 2 is 2.00 bits per heavy atom. The molecule has 0 saturated carbocycles. The van der Waals surface area contributed by atoms with E-state index in [-0.39, 0.29) is 0 Å². The zero-order chi connectivity index (χ0) is 10.7. The Morgan fingerprint density at radius 3 is 2.67 bits per heavy atom. The van der Waals surface area contributed by atoms with Crippen LogP contribution in [0.15, 0.2) is 50.0 Å². The van der Waals surface area contributed by atoms with Crippen molar-refractivity contribution in [3.05, 3.63) is 51.3 Å². The van der Waals surface area contributed by atoms with Crippen molar-refractivity contribution < 1.29 is 4.42 Å². The molecule has 0 fully saturated rings. The number of anilines is 1. The van der Waals surface area contributed by atoms with E-state index in [4.69, 9.17) is 4.42 Å². The smallest absolute Gasteiger partial charge is 0.169 e.